The molecule has 1 unspecified atom stereocenters. The second-order valence-electron chi connectivity index (χ2n) is 4.92. The van der Waals surface area contributed by atoms with Crippen molar-refractivity contribution in [1.29, 1.82) is 0 Å². The third kappa shape index (κ3) is 3.19. The molecule has 0 fully saturated rings. The van der Waals surface area contributed by atoms with Crippen LogP contribution in [0.5, 0.6) is 0 Å². The van der Waals surface area contributed by atoms with Crippen LogP contribution in [-0.2, 0) is 11.2 Å². The SMILES string of the molecule is O=C(Nc1cc(Br)cnc1Cl)C1CNc2ccccc2C1. The Kier molecular flexibility index (Phi) is 4.12. The highest BCUT2D eigenvalue weighted by Gasteiger charge is 2.24. The molecule has 3 rings (SSSR count). The third-order valence-electron chi connectivity index (χ3n) is 3.46. The van der Waals surface area contributed by atoms with E-state index in [0.29, 0.717) is 18.7 Å². The molecule has 108 valence electrons. The molecule has 6 heteroatoms. The van der Waals surface area contributed by atoms with Gasteiger partial charge in [0.15, 0.2) is 5.15 Å². The van der Waals surface area contributed by atoms with E-state index < -0.39 is 0 Å². The minimum atomic E-state index is -0.130. The smallest absolute Gasteiger partial charge is 0.229 e. The van der Waals surface area contributed by atoms with E-state index in [1.165, 1.54) is 0 Å². The highest BCUT2D eigenvalue weighted by molar-refractivity contribution is 9.10. The number of carbonyl (C=O) groups excluding carboxylic acids is 1. The summed E-state index contributed by atoms with van der Waals surface area (Å²) in [4.78, 5) is 16.4. The number of amides is 1. The highest BCUT2D eigenvalue weighted by atomic mass is 79.9. The van der Waals surface area contributed by atoms with Crippen molar-refractivity contribution in [2.45, 2.75) is 6.42 Å². The number of para-hydroxylation sites is 1. The van der Waals surface area contributed by atoms with Gasteiger partial charge in [-0.2, -0.15) is 0 Å². The van der Waals surface area contributed by atoms with Gasteiger partial charge >= 0.3 is 0 Å². The maximum Gasteiger partial charge on any atom is 0.229 e. The Morgan fingerprint density at radius 1 is 1.43 bits per heavy atom. The van der Waals surface area contributed by atoms with E-state index in [-0.39, 0.29) is 17.0 Å². The number of hydrogen-bond acceptors (Lipinski definition) is 3. The molecule has 0 spiro atoms. The lowest BCUT2D eigenvalue weighted by atomic mass is 9.93. The van der Waals surface area contributed by atoms with Gasteiger partial charge in [0.25, 0.3) is 0 Å². The largest absolute Gasteiger partial charge is 0.384 e. The van der Waals surface area contributed by atoms with Crippen LogP contribution in [0.25, 0.3) is 0 Å². The van der Waals surface area contributed by atoms with Crippen molar-refractivity contribution in [3.05, 3.63) is 51.7 Å². The number of pyridine rings is 1. The number of rotatable bonds is 2. The van der Waals surface area contributed by atoms with Crippen LogP contribution in [0.3, 0.4) is 0 Å². The molecule has 0 bridgehead atoms. The van der Waals surface area contributed by atoms with Crippen molar-refractivity contribution in [3.63, 3.8) is 0 Å². The van der Waals surface area contributed by atoms with Crippen LogP contribution in [-0.4, -0.2) is 17.4 Å². The van der Waals surface area contributed by atoms with Gasteiger partial charge in [-0.1, -0.05) is 29.8 Å². The molecule has 2 N–H and O–H groups in total. The number of fused-ring (bicyclic) bond motifs is 1. The number of anilines is 2. The summed E-state index contributed by atoms with van der Waals surface area (Å²) in [5.41, 5.74) is 2.78. The maximum atomic E-state index is 12.4. The summed E-state index contributed by atoms with van der Waals surface area (Å²) in [6, 6.07) is 9.78. The fourth-order valence-electron chi connectivity index (χ4n) is 2.37. The Bertz CT molecular complexity index is 692. The van der Waals surface area contributed by atoms with Crippen LogP contribution in [0.4, 0.5) is 11.4 Å². The normalized spacial score (nSPS) is 16.8. The molecule has 1 atom stereocenters. The Labute approximate surface area is 136 Å². The molecular weight excluding hydrogens is 354 g/mol. The van der Waals surface area contributed by atoms with Crippen LogP contribution in [0.1, 0.15) is 5.56 Å². The van der Waals surface area contributed by atoms with E-state index in [1.54, 1.807) is 12.3 Å². The molecule has 2 heterocycles. The molecule has 4 nitrogen and oxygen atoms in total. The molecule has 0 aliphatic carbocycles. The number of nitrogens with one attached hydrogen (secondary N) is 2. The van der Waals surface area contributed by atoms with E-state index in [0.717, 1.165) is 15.7 Å². The summed E-state index contributed by atoms with van der Waals surface area (Å²) in [6.07, 6.45) is 2.31. The number of nitrogens with zero attached hydrogens (tertiary/aromatic N) is 1. The van der Waals surface area contributed by atoms with Crippen molar-refractivity contribution in [3.8, 4) is 0 Å². The molecule has 0 saturated carbocycles. The number of halogens is 2. The zero-order valence-corrected chi connectivity index (χ0v) is 13.4. The minimum absolute atomic E-state index is 0.0567. The number of aromatic nitrogens is 1. The molecule has 1 amide bonds. The van der Waals surface area contributed by atoms with Crippen molar-refractivity contribution < 1.29 is 4.79 Å². The summed E-state index contributed by atoms with van der Waals surface area (Å²) in [6.45, 7) is 0.613. The maximum absolute atomic E-state index is 12.4. The van der Waals surface area contributed by atoms with Gasteiger partial charge in [0.2, 0.25) is 5.91 Å². The highest BCUT2D eigenvalue weighted by Crippen LogP contribution is 2.27. The average molecular weight is 367 g/mol. The van der Waals surface area contributed by atoms with E-state index in [4.69, 9.17) is 11.6 Å². The van der Waals surface area contributed by atoms with Gasteiger partial charge in [-0.3, -0.25) is 4.79 Å². The fraction of sp³-hybridized carbons (Fsp3) is 0.200. The second kappa shape index (κ2) is 6.03. The Balaban J connectivity index is 1.74. The predicted octanol–water partition coefficient (Wildman–Crippen LogP) is 3.72. The summed E-state index contributed by atoms with van der Waals surface area (Å²) in [5.74, 6) is -0.186. The lowest BCUT2D eigenvalue weighted by Gasteiger charge is -2.25. The fourth-order valence-corrected chi connectivity index (χ4v) is 2.85. The Morgan fingerprint density at radius 2 is 2.24 bits per heavy atom. The predicted molar refractivity (Wildman–Crippen MR) is 87.7 cm³/mol. The first kappa shape index (κ1) is 14.4. The monoisotopic (exact) mass is 365 g/mol. The van der Waals surface area contributed by atoms with E-state index >= 15 is 0 Å². The van der Waals surface area contributed by atoms with E-state index in [1.807, 2.05) is 24.3 Å². The van der Waals surface area contributed by atoms with Crippen LogP contribution < -0.4 is 10.6 Å². The van der Waals surface area contributed by atoms with Gasteiger partial charge in [0, 0.05) is 22.9 Å². The number of carbonyl (C=O) groups is 1. The van der Waals surface area contributed by atoms with Crippen molar-refractivity contribution in [2.24, 2.45) is 5.92 Å². The molecular formula is C15H13BrClN3O. The summed E-state index contributed by atoms with van der Waals surface area (Å²) in [7, 11) is 0. The van der Waals surface area contributed by atoms with Gasteiger partial charge in [0.1, 0.15) is 0 Å². The first-order valence-electron chi connectivity index (χ1n) is 6.57. The van der Waals surface area contributed by atoms with Gasteiger partial charge in [-0.15, -0.1) is 0 Å². The third-order valence-corrected chi connectivity index (χ3v) is 4.19. The second-order valence-corrected chi connectivity index (χ2v) is 6.19. The zero-order valence-electron chi connectivity index (χ0n) is 11.1. The van der Waals surface area contributed by atoms with Crippen LogP contribution in [0.15, 0.2) is 41.0 Å². The van der Waals surface area contributed by atoms with Gasteiger partial charge in [-0.05, 0) is 40.0 Å². The lowest BCUT2D eigenvalue weighted by molar-refractivity contribution is -0.119. The van der Waals surface area contributed by atoms with E-state index in [9.17, 15) is 4.79 Å². The molecule has 0 saturated heterocycles. The molecule has 2 aromatic rings. The molecule has 1 aliphatic heterocycles. The van der Waals surface area contributed by atoms with Crippen LogP contribution >= 0.6 is 27.5 Å². The molecule has 1 aromatic carbocycles. The van der Waals surface area contributed by atoms with Gasteiger partial charge in [-0.25, -0.2) is 4.98 Å². The number of benzene rings is 1. The molecule has 0 radical (unpaired) electrons. The minimum Gasteiger partial charge on any atom is -0.384 e. The average Bonchev–Trinajstić information content (AvgIpc) is 2.50. The quantitative estimate of drug-likeness (QED) is 0.797. The zero-order chi connectivity index (χ0) is 14.8. The van der Waals surface area contributed by atoms with Crippen molar-refractivity contribution in [2.75, 3.05) is 17.2 Å². The number of hydrogen-bond donors (Lipinski definition) is 2. The summed E-state index contributed by atoms with van der Waals surface area (Å²) >= 11 is 9.32. The Hall–Kier alpha value is -1.59. The van der Waals surface area contributed by atoms with Crippen molar-refractivity contribution >= 4 is 44.8 Å². The Morgan fingerprint density at radius 3 is 3.10 bits per heavy atom. The lowest BCUT2D eigenvalue weighted by Crippen LogP contribution is -2.33. The molecule has 1 aliphatic rings. The van der Waals surface area contributed by atoms with Gasteiger partial charge < -0.3 is 10.6 Å². The van der Waals surface area contributed by atoms with Crippen molar-refractivity contribution in [1.82, 2.24) is 4.98 Å². The van der Waals surface area contributed by atoms with Gasteiger partial charge in [0.05, 0.1) is 11.6 Å². The topological polar surface area (TPSA) is 54.0 Å². The standard InChI is InChI=1S/C15H13BrClN3O/c16-11-6-13(14(17)19-8-11)20-15(21)10-5-9-3-1-2-4-12(9)18-7-10/h1-4,6,8,10,18H,5,7H2,(H,20,21). The first-order chi connectivity index (χ1) is 10.1. The summed E-state index contributed by atoms with van der Waals surface area (Å²) in [5, 5.41) is 6.42. The van der Waals surface area contributed by atoms with Crippen LogP contribution in [0, 0.1) is 5.92 Å². The summed E-state index contributed by atoms with van der Waals surface area (Å²) < 4.78 is 0.773. The molecule has 1 aromatic heterocycles. The van der Waals surface area contributed by atoms with Crippen LogP contribution in [0.2, 0.25) is 5.15 Å². The first-order valence-corrected chi connectivity index (χ1v) is 7.74. The van der Waals surface area contributed by atoms with E-state index in [2.05, 4.69) is 31.5 Å². The molecule has 21 heavy (non-hydrogen) atoms.